The standard InChI is InChI=1S/C15H20INO2/c1-17(2)15(18)7-5-3-4-6-12-19-14-10-8-13(16)9-11-14/h5,7-11H,3-4,6,12H2,1-2H3/b7-5+. The molecule has 0 aliphatic rings. The predicted molar refractivity (Wildman–Crippen MR) is 86.3 cm³/mol. The summed E-state index contributed by atoms with van der Waals surface area (Å²) in [6.07, 6.45) is 6.48. The van der Waals surface area contributed by atoms with E-state index in [0.717, 1.165) is 31.6 Å². The van der Waals surface area contributed by atoms with Gasteiger partial charge in [0, 0.05) is 17.7 Å². The van der Waals surface area contributed by atoms with Crippen LogP contribution in [-0.2, 0) is 4.79 Å². The van der Waals surface area contributed by atoms with Crippen molar-refractivity contribution in [3.8, 4) is 5.75 Å². The van der Waals surface area contributed by atoms with Crippen molar-refractivity contribution >= 4 is 28.5 Å². The fraction of sp³-hybridized carbons (Fsp3) is 0.400. The first-order valence-electron chi connectivity index (χ1n) is 6.36. The number of nitrogens with zero attached hydrogens (tertiary/aromatic N) is 1. The molecule has 0 fully saturated rings. The molecule has 0 saturated heterocycles. The number of hydrogen-bond donors (Lipinski definition) is 0. The highest BCUT2D eigenvalue weighted by atomic mass is 127. The Bertz CT molecular complexity index is 413. The number of allylic oxidation sites excluding steroid dienone is 1. The zero-order chi connectivity index (χ0) is 14.1. The van der Waals surface area contributed by atoms with Crippen LogP contribution in [0.2, 0.25) is 0 Å². The molecule has 0 aliphatic carbocycles. The highest BCUT2D eigenvalue weighted by molar-refractivity contribution is 14.1. The molecule has 0 aliphatic heterocycles. The number of hydrogen-bond acceptors (Lipinski definition) is 2. The highest BCUT2D eigenvalue weighted by Gasteiger charge is 1.96. The molecular formula is C15H20INO2. The van der Waals surface area contributed by atoms with E-state index in [0.29, 0.717) is 0 Å². The van der Waals surface area contributed by atoms with Crippen LogP contribution in [0.1, 0.15) is 19.3 Å². The van der Waals surface area contributed by atoms with Crippen molar-refractivity contribution < 1.29 is 9.53 Å². The van der Waals surface area contributed by atoms with Crippen molar-refractivity contribution in [3.63, 3.8) is 0 Å². The van der Waals surface area contributed by atoms with Crippen LogP contribution in [0.3, 0.4) is 0 Å². The minimum Gasteiger partial charge on any atom is -0.494 e. The molecule has 0 radical (unpaired) electrons. The van der Waals surface area contributed by atoms with E-state index >= 15 is 0 Å². The maximum atomic E-state index is 11.3. The first kappa shape index (κ1) is 16.0. The van der Waals surface area contributed by atoms with Crippen LogP contribution in [0, 0.1) is 3.57 Å². The molecule has 0 bridgehead atoms. The summed E-state index contributed by atoms with van der Waals surface area (Å²) in [6.45, 7) is 0.718. The largest absolute Gasteiger partial charge is 0.494 e. The summed E-state index contributed by atoms with van der Waals surface area (Å²) < 4.78 is 6.83. The summed E-state index contributed by atoms with van der Waals surface area (Å²) in [6, 6.07) is 8.03. The lowest BCUT2D eigenvalue weighted by atomic mass is 10.2. The van der Waals surface area contributed by atoms with Crippen LogP contribution in [0.5, 0.6) is 5.75 Å². The monoisotopic (exact) mass is 373 g/mol. The molecule has 1 rings (SSSR count). The van der Waals surface area contributed by atoms with Crippen molar-refractivity contribution in [1.29, 1.82) is 0 Å². The van der Waals surface area contributed by atoms with Crippen molar-refractivity contribution in [2.75, 3.05) is 20.7 Å². The quantitative estimate of drug-likeness (QED) is 0.416. The zero-order valence-electron chi connectivity index (χ0n) is 11.4. The number of ether oxygens (including phenoxy) is 1. The second kappa shape index (κ2) is 8.96. The lowest BCUT2D eigenvalue weighted by Crippen LogP contribution is -2.18. The predicted octanol–water partition coefficient (Wildman–Crippen LogP) is 3.48. The second-order valence-electron chi connectivity index (χ2n) is 4.43. The second-order valence-corrected chi connectivity index (χ2v) is 5.68. The van der Waals surface area contributed by atoms with Gasteiger partial charge in [0.25, 0.3) is 0 Å². The maximum Gasteiger partial charge on any atom is 0.245 e. The third-order valence-corrected chi connectivity index (χ3v) is 3.27. The summed E-state index contributed by atoms with van der Waals surface area (Å²) in [5.74, 6) is 0.953. The average molecular weight is 373 g/mol. The van der Waals surface area contributed by atoms with Gasteiger partial charge in [-0.05, 0) is 72.2 Å². The first-order chi connectivity index (χ1) is 9.09. The normalized spacial score (nSPS) is 10.7. The molecule has 104 valence electrons. The Hall–Kier alpha value is -1.04. The van der Waals surface area contributed by atoms with E-state index in [9.17, 15) is 4.79 Å². The highest BCUT2D eigenvalue weighted by Crippen LogP contribution is 2.13. The molecule has 19 heavy (non-hydrogen) atoms. The van der Waals surface area contributed by atoms with Crippen molar-refractivity contribution in [2.24, 2.45) is 0 Å². The van der Waals surface area contributed by atoms with E-state index in [2.05, 4.69) is 22.6 Å². The van der Waals surface area contributed by atoms with Gasteiger partial charge >= 0.3 is 0 Å². The molecule has 0 spiro atoms. The van der Waals surface area contributed by atoms with E-state index in [1.807, 2.05) is 30.3 Å². The van der Waals surface area contributed by atoms with Gasteiger partial charge in [-0.15, -0.1) is 0 Å². The van der Waals surface area contributed by atoms with Crippen molar-refractivity contribution in [1.82, 2.24) is 4.90 Å². The number of benzene rings is 1. The number of rotatable bonds is 7. The van der Waals surface area contributed by atoms with Crippen molar-refractivity contribution in [2.45, 2.75) is 19.3 Å². The van der Waals surface area contributed by atoms with Gasteiger partial charge < -0.3 is 9.64 Å². The third kappa shape index (κ3) is 7.20. The zero-order valence-corrected chi connectivity index (χ0v) is 13.6. The van der Waals surface area contributed by atoms with Crippen LogP contribution < -0.4 is 4.74 Å². The number of halogens is 1. The number of carbonyl (C=O) groups excluding carboxylic acids is 1. The summed E-state index contributed by atoms with van der Waals surface area (Å²) in [5.41, 5.74) is 0. The molecule has 1 aromatic carbocycles. The average Bonchev–Trinajstić information content (AvgIpc) is 2.39. The van der Waals surface area contributed by atoms with Crippen molar-refractivity contribution in [3.05, 3.63) is 40.0 Å². The molecule has 0 heterocycles. The summed E-state index contributed by atoms with van der Waals surface area (Å²) in [5, 5.41) is 0. The Balaban J connectivity index is 2.08. The molecule has 0 atom stereocenters. The minimum absolute atomic E-state index is 0.0372. The van der Waals surface area contributed by atoms with Crippen LogP contribution in [0.25, 0.3) is 0 Å². The van der Waals surface area contributed by atoms with Crippen LogP contribution in [0.4, 0.5) is 0 Å². The lowest BCUT2D eigenvalue weighted by molar-refractivity contribution is -0.123. The van der Waals surface area contributed by atoms with Gasteiger partial charge in [-0.2, -0.15) is 0 Å². The summed E-state index contributed by atoms with van der Waals surface area (Å²) >= 11 is 2.27. The molecule has 1 amide bonds. The van der Waals surface area contributed by atoms with Gasteiger partial charge in [0.1, 0.15) is 5.75 Å². The van der Waals surface area contributed by atoms with E-state index in [1.54, 1.807) is 25.1 Å². The van der Waals surface area contributed by atoms with Crippen LogP contribution in [0.15, 0.2) is 36.4 Å². The topological polar surface area (TPSA) is 29.5 Å². The van der Waals surface area contributed by atoms with Crippen LogP contribution >= 0.6 is 22.6 Å². The Morgan fingerprint density at radius 1 is 1.26 bits per heavy atom. The van der Waals surface area contributed by atoms with E-state index < -0.39 is 0 Å². The number of carbonyl (C=O) groups is 1. The Morgan fingerprint density at radius 2 is 1.95 bits per heavy atom. The Kier molecular flexibility index (Phi) is 7.55. The van der Waals surface area contributed by atoms with Crippen LogP contribution in [-0.4, -0.2) is 31.5 Å². The van der Waals surface area contributed by atoms with Gasteiger partial charge in [-0.25, -0.2) is 0 Å². The molecule has 1 aromatic rings. The van der Waals surface area contributed by atoms with E-state index in [4.69, 9.17) is 4.74 Å². The molecule has 3 nitrogen and oxygen atoms in total. The van der Waals surface area contributed by atoms with Gasteiger partial charge in [-0.3, -0.25) is 4.79 Å². The van der Waals surface area contributed by atoms with Gasteiger partial charge in [0.2, 0.25) is 5.91 Å². The Morgan fingerprint density at radius 3 is 2.58 bits per heavy atom. The van der Waals surface area contributed by atoms with Gasteiger partial charge in [0.05, 0.1) is 6.61 Å². The summed E-state index contributed by atoms with van der Waals surface area (Å²) in [7, 11) is 3.50. The van der Waals surface area contributed by atoms with Gasteiger partial charge in [-0.1, -0.05) is 6.08 Å². The molecular weight excluding hydrogens is 353 g/mol. The fourth-order valence-electron chi connectivity index (χ4n) is 1.42. The minimum atomic E-state index is 0.0372. The molecule has 0 saturated carbocycles. The molecule has 0 unspecified atom stereocenters. The number of unbranched alkanes of at least 4 members (excludes halogenated alkanes) is 2. The SMILES string of the molecule is CN(C)C(=O)/C=C/CCCCOc1ccc(I)cc1. The Labute approximate surface area is 128 Å². The number of likely N-dealkylation sites (N-methyl/N-ethyl adjacent to an activating group) is 1. The summed E-state index contributed by atoms with van der Waals surface area (Å²) in [4.78, 5) is 12.8. The first-order valence-corrected chi connectivity index (χ1v) is 7.43. The maximum absolute atomic E-state index is 11.3. The fourth-order valence-corrected chi connectivity index (χ4v) is 1.78. The third-order valence-electron chi connectivity index (χ3n) is 2.55. The lowest BCUT2D eigenvalue weighted by Gasteiger charge is -2.06. The van der Waals surface area contributed by atoms with E-state index in [1.165, 1.54) is 3.57 Å². The molecule has 0 aromatic heterocycles. The van der Waals surface area contributed by atoms with Gasteiger partial charge in [0.15, 0.2) is 0 Å². The number of amides is 1. The smallest absolute Gasteiger partial charge is 0.245 e. The van der Waals surface area contributed by atoms with E-state index in [-0.39, 0.29) is 5.91 Å². The molecule has 0 N–H and O–H groups in total. The molecule has 4 heteroatoms.